The van der Waals surface area contributed by atoms with E-state index in [1.807, 2.05) is 39.0 Å². The monoisotopic (exact) mass is 389 g/mol. The number of hydrogen-bond donors (Lipinski definition) is 0. The summed E-state index contributed by atoms with van der Waals surface area (Å²) in [5.74, 6) is 0.673. The highest BCUT2D eigenvalue weighted by molar-refractivity contribution is 9.10. The normalized spacial score (nSPS) is 16.5. The number of carbonyl (C=O) groups is 1. The Morgan fingerprint density at radius 1 is 1.32 bits per heavy atom. The van der Waals surface area contributed by atoms with E-state index in [2.05, 4.69) is 15.9 Å². The number of carbonyl (C=O) groups excluding carboxylic acids is 1. The molecule has 1 amide bonds. The SMILES string of the molecule is CC(C)(C)OC(=O)N1CCC(Oc2cccc(Br)c2Cl)CC1. The second-order valence-corrected chi connectivity index (χ2v) is 7.57. The van der Waals surface area contributed by atoms with Crippen LogP contribution in [0.2, 0.25) is 5.02 Å². The Morgan fingerprint density at radius 2 is 1.95 bits per heavy atom. The molecule has 0 atom stereocenters. The summed E-state index contributed by atoms with van der Waals surface area (Å²) in [5, 5.41) is 0.581. The number of rotatable bonds is 2. The first-order chi connectivity index (χ1) is 10.3. The predicted molar refractivity (Wildman–Crippen MR) is 90.6 cm³/mol. The van der Waals surface area contributed by atoms with Crippen LogP contribution in [0.5, 0.6) is 5.75 Å². The number of nitrogens with zero attached hydrogens (tertiary/aromatic N) is 1. The van der Waals surface area contributed by atoms with E-state index < -0.39 is 5.60 Å². The summed E-state index contributed by atoms with van der Waals surface area (Å²) in [6, 6.07) is 5.62. The van der Waals surface area contributed by atoms with Gasteiger partial charge in [-0.15, -0.1) is 0 Å². The van der Waals surface area contributed by atoms with Crippen LogP contribution in [-0.2, 0) is 4.74 Å². The molecular weight excluding hydrogens is 370 g/mol. The van der Waals surface area contributed by atoms with Crippen LogP contribution in [0.3, 0.4) is 0 Å². The molecule has 1 aliphatic heterocycles. The lowest BCUT2D eigenvalue weighted by atomic mass is 10.1. The van der Waals surface area contributed by atoms with Crippen LogP contribution >= 0.6 is 27.5 Å². The zero-order chi connectivity index (χ0) is 16.3. The van der Waals surface area contributed by atoms with Crippen LogP contribution in [0.25, 0.3) is 0 Å². The molecular formula is C16H21BrClNO3. The Kier molecular flexibility index (Phi) is 5.61. The molecule has 0 radical (unpaired) electrons. The zero-order valence-electron chi connectivity index (χ0n) is 13.1. The predicted octanol–water partition coefficient (Wildman–Crippen LogP) is 4.88. The minimum Gasteiger partial charge on any atom is -0.489 e. The number of amides is 1. The first-order valence-corrected chi connectivity index (χ1v) is 8.52. The number of halogens is 2. The molecule has 1 aliphatic rings. The van der Waals surface area contributed by atoms with Gasteiger partial charge in [-0.1, -0.05) is 17.7 Å². The van der Waals surface area contributed by atoms with Crippen LogP contribution in [0.4, 0.5) is 4.79 Å². The lowest BCUT2D eigenvalue weighted by molar-refractivity contribution is 0.0126. The van der Waals surface area contributed by atoms with Crippen LogP contribution in [0.1, 0.15) is 33.6 Å². The molecule has 0 spiro atoms. The molecule has 2 rings (SSSR count). The average Bonchev–Trinajstić information content (AvgIpc) is 2.43. The number of benzene rings is 1. The molecule has 1 aromatic rings. The molecule has 22 heavy (non-hydrogen) atoms. The van der Waals surface area contributed by atoms with E-state index in [4.69, 9.17) is 21.1 Å². The Balaban J connectivity index is 1.87. The Hall–Kier alpha value is -0.940. The number of likely N-dealkylation sites (tertiary alicyclic amines) is 1. The van der Waals surface area contributed by atoms with Crippen LogP contribution in [0.15, 0.2) is 22.7 Å². The minimum atomic E-state index is -0.464. The van der Waals surface area contributed by atoms with E-state index in [0.29, 0.717) is 23.9 Å². The summed E-state index contributed by atoms with van der Waals surface area (Å²) in [4.78, 5) is 13.7. The molecule has 0 aromatic heterocycles. The Morgan fingerprint density at radius 3 is 2.55 bits per heavy atom. The summed E-state index contributed by atoms with van der Waals surface area (Å²) < 4.78 is 12.2. The van der Waals surface area contributed by atoms with Gasteiger partial charge < -0.3 is 14.4 Å². The van der Waals surface area contributed by atoms with E-state index in [1.165, 1.54) is 0 Å². The standard InChI is InChI=1S/C16H21BrClNO3/c1-16(2,3)22-15(20)19-9-7-11(8-10-19)21-13-6-4-5-12(17)14(13)18/h4-6,11H,7-10H2,1-3H3. The molecule has 0 N–H and O–H groups in total. The number of hydrogen-bond acceptors (Lipinski definition) is 3. The second kappa shape index (κ2) is 7.09. The Bertz CT molecular complexity index is 537. The van der Waals surface area contributed by atoms with E-state index >= 15 is 0 Å². The van der Waals surface area contributed by atoms with E-state index in [1.54, 1.807) is 4.90 Å². The molecule has 1 heterocycles. The number of ether oxygens (including phenoxy) is 2. The van der Waals surface area contributed by atoms with Crippen molar-refractivity contribution in [1.29, 1.82) is 0 Å². The first-order valence-electron chi connectivity index (χ1n) is 7.35. The summed E-state index contributed by atoms with van der Waals surface area (Å²) in [6.45, 7) is 6.87. The molecule has 122 valence electrons. The first kappa shape index (κ1) is 17.4. The lowest BCUT2D eigenvalue weighted by Crippen LogP contribution is -2.44. The topological polar surface area (TPSA) is 38.8 Å². The van der Waals surface area contributed by atoms with Crippen molar-refractivity contribution in [3.63, 3.8) is 0 Å². The van der Waals surface area contributed by atoms with Gasteiger partial charge in [-0.05, 0) is 48.8 Å². The van der Waals surface area contributed by atoms with Gasteiger partial charge in [-0.2, -0.15) is 0 Å². The van der Waals surface area contributed by atoms with Crippen LogP contribution in [-0.4, -0.2) is 35.8 Å². The zero-order valence-corrected chi connectivity index (χ0v) is 15.4. The smallest absolute Gasteiger partial charge is 0.410 e. The highest BCUT2D eigenvalue weighted by Crippen LogP contribution is 2.33. The fourth-order valence-electron chi connectivity index (χ4n) is 2.24. The molecule has 1 fully saturated rings. The third kappa shape index (κ3) is 4.78. The highest BCUT2D eigenvalue weighted by Gasteiger charge is 2.27. The van der Waals surface area contributed by atoms with Crippen molar-refractivity contribution in [2.75, 3.05) is 13.1 Å². The van der Waals surface area contributed by atoms with Crippen LogP contribution < -0.4 is 4.74 Å². The van der Waals surface area contributed by atoms with Crippen molar-refractivity contribution in [2.45, 2.75) is 45.3 Å². The fraction of sp³-hybridized carbons (Fsp3) is 0.562. The van der Waals surface area contributed by atoms with Gasteiger partial charge in [-0.3, -0.25) is 0 Å². The maximum Gasteiger partial charge on any atom is 0.410 e. The molecule has 0 unspecified atom stereocenters. The van der Waals surface area contributed by atoms with Crippen molar-refractivity contribution < 1.29 is 14.3 Å². The number of piperidine rings is 1. The van der Waals surface area contributed by atoms with Crippen molar-refractivity contribution >= 4 is 33.6 Å². The molecule has 4 nitrogen and oxygen atoms in total. The summed E-state index contributed by atoms with van der Waals surface area (Å²) in [5.41, 5.74) is -0.464. The molecule has 6 heteroatoms. The van der Waals surface area contributed by atoms with E-state index in [9.17, 15) is 4.79 Å². The Labute approximate surface area is 144 Å². The summed E-state index contributed by atoms with van der Waals surface area (Å²) in [6.07, 6.45) is 1.33. The quantitative estimate of drug-likeness (QED) is 0.722. The maximum atomic E-state index is 12.0. The van der Waals surface area contributed by atoms with Crippen molar-refractivity contribution in [3.8, 4) is 5.75 Å². The minimum absolute atomic E-state index is 0.0606. The van der Waals surface area contributed by atoms with Gasteiger partial charge in [0, 0.05) is 30.4 Å². The molecule has 1 aromatic carbocycles. The summed E-state index contributed by atoms with van der Waals surface area (Å²) >= 11 is 9.59. The van der Waals surface area contributed by atoms with Gasteiger partial charge in [0.15, 0.2) is 0 Å². The molecule has 0 bridgehead atoms. The van der Waals surface area contributed by atoms with Gasteiger partial charge in [-0.25, -0.2) is 4.79 Å². The molecule has 0 aliphatic carbocycles. The second-order valence-electron chi connectivity index (χ2n) is 6.34. The van der Waals surface area contributed by atoms with Gasteiger partial charge in [0.25, 0.3) is 0 Å². The van der Waals surface area contributed by atoms with Crippen LogP contribution in [0, 0.1) is 0 Å². The van der Waals surface area contributed by atoms with Gasteiger partial charge in [0.05, 0.1) is 5.02 Å². The average molecular weight is 391 g/mol. The van der Waals surface area contributed by atoms with Crippen molar-refractivity contribution in [3.05, 3.63) is 27.7 Å². The van der Waals surface area contributed by atoms with Crippen molar-refractivity contribution in [1.82, 2.24) is 4.90 Å². The maximum absolute atomic E-state index is 12.0. The highest BCUT2D eigenvalue weighted by atomic mass is 79.9. The van der Waals surface area contributed by atoms with Gasteiger partial charge >= 0.3 is 6.09 Å². The van der Waals surface area contributed by atoms with E-state index in [-0.39, 0.29) is 12.2 Å². The molecule has 0 saturated carbocycles. The van der Waals surface area contributed by atoms with E-state index in [0.717, 1.165) is 17.3 Å². The molecule has 1 saturated heterocycles. The van der Waals surface area contributed by atoms with Gasteiger partial charge in [0.2, 0.25) is 0 Å². The third-order valence-corrected chi connectivity index (χ3v) is 4.58. The third-order valence-electron chi connectivity index (χ3n) is 3.30. The largest absolute Gasteiger partial charge is 0.489 e. The van der Waals surface area contributed by atoms with Crippen molar-refractivity contribution in [2.24, 2.45) is 0 Å². The fourth-order valence-corrected chi connectivity index (χ4v) is 2.76. The van der Waals surface area contributed by atoms with Gasteiger partial charge in [0.1, 0.15) is 17.5 Å². The summed E-state index contributed by atoms with van der Waals surface area (Å²) in [7, 11) is 0. The lowest BCUT2D eigenvalue weighted by Gasteiger charge is -2.33.